The van der Waals surface area contributed by atoms with Gasteiger partial charge in [0.25, 0.3) is 0 Å². The molecule has 1 aromatic carbocycles. The van der Waals surface area contributed by atoms with Gasteiger partial charge in [0.2, 0.25) is 5.91 Å². The number of amides is 1. The lowest BCUT2D eigenvalue weighted by molar-refractivity contribution is -0.123. The molecule has 114 valence electrons. The Bertz CT molecular complexity index is 459. The van der Waals surface area contributed by atoms with Gasteiger partial charge in [-0.15, -0.1) is 0 Å². The lowest BCUT2D eigenvalue weighted by atomic mass is 9.85. The molecule has 1 aliphatic heterocycles. The number of nitrogens with one attached hydrogen (secondary N) is 2. The monoisotopic (exact) mass is 286 g/mol. The maximum Gasteiger partial charge on any atom is 0.237 e. The molecule has 4 unspecified atom stereocenters. The number of carbonyl (C=O) groups excluding carboxylic acids is 1. The van der Waals surface area contributed by atoms with Gasteiger partial charge in [-0.05, 0) is 37.2 Å². The number of hydrogen-bond donors (Lipinski definition) is 2. The quantitative estimate of drug-likeness (QED) is 0.892. The second kappa shape index (κ2) is 6.61. The third kappa shape index (κ3) is 3.29. The molecule has 3 nitrogen and oxygen atoms in total. The van der Waals surface area contributed by atoms with Crippen molar-refractivity contribution in [2.24, 2.45) is 5.92 Å². The normalized spacial score (nSPS) is 29.7. The number of benzene rings is 1. The summed E-state index contributed by atoms with van der Waals surface area (Å²) in [6.07, 6.45) is 7.11. The van der Waals surface area contributed by atoms with E-state index in [2.05, 4.69) is 29.7 Å². The molecule has 1 amide bonds. The van der Waals surface area contributed by atoms with E-state index >= 15 is 0 Å². The molecule has 0 spiro atoms. The predicted molar refractivity (Wildman–Crippen MR) is 84.9 cm³/mol. The summed E-state index contributed by atoms with van der Waals surface area (Å²) < 4.78 is 0. The van der Waals surface area contributed by atoms with Gasteiger partial charge in [-0.3, -0.25) is 4.79 Å². The van der Waals surface area contributed by atoms with E-state index in [-0.39, 0.29) is 18.0 Å². The summed E-state index contributed by atoms with van der Waals surface area (Å²) in [4.78, 5) is 12.6. The smallest absolute Gasteiger partial charge is 0.237 e. The van der Waals surface area contributed by atoms with Gasteiger partial charge in [0, 0.05) is 6.04 Å². The van der Waals surface area contributed by atoms with Crippen molar-refractivity contribution in [1.29, 1.82) is 0 Å². The van der Waals surface area contributed by atoms with Gasteiger partial charge in [0.1, 0.15) is 0 Å². The molecular weight excluding hydrogens is 260 g/mol. The Morgan fingerprint density at radius 2 is 2.05 bits per heavy atom. The molecule has 0 aromatic heterocycles. The largest absolute Gasteiger partial charge is 0.348 e. The zero-order valence-corrected chi connectivity index (χ0v) is 12.8. The van der Waals surface area contributed by atoms with Crippen LogP contribution in [0.2, 0.25) is 0 Å². The van der Waals surface area contributed by atoms with Crippen molar-refractivity contribution < 1.29 is 4.79 Å². The molecule has 1 heterocycles. The van der Waals surface area contributed by atoms with E-state index in [0.717, 1.165) is 12.8 Å². The summed E-state index contributed by atoms with van der Waals surface area (Å²) >= 11 is 0. The van der Waals surface area contributed by atoms with Crippen molar-refractivity contribution in [2.45, 2.75) is 63.6 Å². The van der Waals surface area contributed by atoms with Gasteiger partial charge in [0.15, 0.2) is 0 Å². The molecule has 3 heteroatoms. The van der Waals surface area contributed by atoms with Crippen LogP contribution in [0.5, 0.6) is 0 Å². The third-order valence-electron chi connectivity index (χ3n) is 5.11. The minimum absolute atomic E-state index is 0.0101. The van der Waals surface area contributed by atoms with Crippen LogP contribution >= 0.6 is 0 Å². The van der Waals surface area contributed by atoms with E-state index in [9.17, 15) is 4.79 Å². The highest BCUT2D eigenvalue weighted by molar-refractivity contribution is 5.82. The summed E-state index contributed by atoms with van der Waals surface area (Å²) in [6.45, 7) is 2.12. The van der Waals surface area contributed by atoms with E-state index in [1.54, 1.807) is 0 Å². The number of fused-ring (bicyclic) bond motifs is 1. The Kier molecular flexibility index (Phi) is 4.59. The first-order valence-electron chi connectivity index (χ1n) is 8.39. The van der Waals surface area contributed by atoms with Crippen LogP contribution in [-0.4, -0.2) is 18.0 Å². The van der Waals surface area contributed by atoms with Crippen LogP contribution in [0.15, 0.2) is 30.3 Å². The van der Waals surface area contributed by atoms with Crippen molar-refractivity contribution in [3.05, 3.63) is 35.9 Å². The number of rotatable bonds is 4. The summed E-state index contributed by atoms with van der Waals surface area (Å²) in [5, 5.41) is 6.79. The van der Waals surface area contributed by atoms with E-state index < -0.39 is 0 Å². The molecule has 1 aliphatic carbocycles. The van der Waals surface area contributed by atoms with Crippen LogP contribution in [0.4, 0.5) is 0 Å². The van der Waals surface area contributed by atoms with E-state index in [4.69, 9.17) is 0 Å². The van der Waals surface area contributed by atoms with Gasteiger partial charge in [0.05, 0.1) is 12.1 Å². The van der Waals surface area contributed by atoms with Crippen LogP contribution < -0.4 is 10.6 Å². The van der Waals surface area contributed by atoms with Gasteiger partial charge >= 0.3 is 0 Å². The minimum atomic E-state index is 0.0101. The zero-order valence-electron chi connectivity index (χ0n) is 12.8. The van der Waals surface area contributed by atoms with Crippen LogP contribution in [0, 0.1) is 5.92 Å². The highest BCUT2D eigenvalue weighted by Gasteiger charge is 2.38. The van der Waals surface area contributed by atoms with Crippen molar-refractivity contribution in [3.8, 4) is 0 Å². The Morgan fingerprint density at radius 1 is 1.29 bits per heavy atom. The first-order chi connectivity index (χ1) is 10.3. The van der Waals surface area contributed by atoms with E-state index in [1.807, 2.05) is 18.2 Å². The summed E-state index contributed by atoms with van der Waals surface area (Å²) in [6, 6.07) is 11.0. The molecule has 4 atom stereocenters. The molecule has 2 N–H and O–H groups in total. The lowest BCUT2D eigenvalue weighted by Gasteiger charge is -2.24. The molecule has 2 aliphatic rings. The second-order valence-corrected chi connectivity index (χ2v) is 6.49. The molecule has 1 aromatic rings. The first kappa shape index (κ1) is 14.6. The average molecular weight is 286 g/mol. The fraction of sp³-hybridized carbons (Fsp3) is 0.611. The van der Waals surface area contributed by atoms with Crippen LogP contribution in [-0.2, 0) is 4.79 Å². The summed E-state index contributed by atoms with van der Waals surface area (Å²) in [5.74, 6) is 0.895. The fourth-order valence-corrected chi connectivity index (χ4v) is 3.90. The third-order valence-corrected chi connectivity index (χ3v) is 5.11. The Hall–Kier alpha value is -1.35. The fourth-order valence-electron chi connectivity index (χ4n) is 3.90. The van der Waals surface area contributed by atoms with Crippen molar-refractivity contribution in [2.75, 3.05) is 0 Å². The zero-order chi connectivity index (χ0) is 14.7. The van der Waals surface area contributed by atoms with E-state index in [1.165, 1.54) is 31.2 Å². The highest BCUT2D eigenvalue weighted by atomic mass is 16.2. The van der Waals surface area contributed by atoms with Gasteiger partial charge < -0.3 is 10.6 Å². The average Bonchev–Trinajstić information content (AvgIpc) is 2.97. The minimum Gasteiger partial charge on any atom is -0.348 e. The van der Waals surface area contributed by atoms with Crippen LogP contribution in [0.25, 0.3) is 0 Å². The molecule has 2 fully saturated rings. The topological polar surface area (TPSA) is 41.1 Å². The van der Waals surface area contributed by atoms with Crippen LogP contribution in [0.1, 0.15) is 57.1 Å². The second-order valence-electron chi connectivity index (χ2n) is 6.49. The van der Waals surface area contributed by atoms with Gasteiger partial charge in [-0.2, -0.15) is 0 Å². The van der Waals surface area contributed by atoms with Crippen molar-refractivity contribution in [1.82, 2.24) is 10.6 Å². The van der Waals surface area contributed by atoms with Crippen molar-refractivity contribution in [3.63, 3.8) is 0 Å². The maximum atomic E-state index is 12.6. The first-order valence-corrected chi connectivity index (χ1v) is 8.39. The SMILES string of the molecule is CCC(NC(=O)C1CC2CCCCC2N1)c1ccccc1. The molecule has 1 saturated carbocycles. The van der Waals surface area contributed by atoms with Crippen molar-refractivity contribution >= 4 is 5.91 Å². The lowest BCUT2D eigenvalue weighted by Crippen LogP contribution is -2.44. The summed E-state index contributed by atoms with van der Waals surface area (Å²) in [5.41, 5.74) is 1.20. The maximum absolute atomic E-state index is 12.6. The molecule has 0 radical (unpaired) electrons. The molecule has 0 bridgehead atoms. The van der Waals surface area contributed by atoms with Crippen LogP contribution in [0.3, 0.4) is 0 Å². The molecular formula is C18H26N2O. The Labute approximate surface area is 127 Å². The molecule has 21 heavy (non-hydrogen) atoms. The predicted octanol–water partition coefficient (Wildman–Crippen LogP) is 3.17. The standard InChI is InChI=1S/C18H26N2O/c1-2-15(13-8-4-3-5-9-13)20-18(21)17-12-14-10-6-7-11-16(14)19-17/h3-5,8-9,14-17,19H,2,6-7,10-12H2,1H3,(H,20,21). The number of carbonyl (C=O) groups is 1. The molecule has 3 rings (SSSR count). The Morgan fingerprint density at radius 3 is 2.76 bits per heavy atom. The van der Waals surface area contributed by atoms with Gasteiger partial charge in [-0.25, -0.2) is 0 Å². The highest BCUT2D eigenvalue weighted by Crippen LogP contribution is 2.33. The Balaban J connectivity index is 1.60. The molecule has 1 saturated heterocycles. The summed E-state index contributed by atoms with van der Waals surface area (Å²) in [7, 11) is 0. The number of hydrogen-bond acceptors (Lipinski definition) is 2. The van der Waals surface area contributed by atoms with E-state index in [0.29, 0.717) is 12.0 Å². The van der Waals surface area contributed by atoms with Gasteiger partial charge in [-0.1, -0.05) is 50.1 Å².